The zero-order chi connectivity index (χ0) is 23.3. The molecule has 0 radical (unpaired) electrons. The van der Waals surface area contributed by atoms with Crippen molar-refractivity contribution in [3.05, 3.63) is 41.5 Å². The minimum absolute atomic E-state index is 0.0389. The van der Waals surface area contributed by atoms with Gasteiger partial charge in [0.05, 0.1) is 60.8 Å². The molecule has 0 bridgehead atoms. The Labute approximate surface area is 188 Å². The number of hydrogen-bond acceptors (Lipinski definition) is 8. The van der Waals surface area contributed by atoms with Gasteiger partial charge in [-0.3, -0.25) is 4.79 Å². The van der Waals surface area contributed by atoms with Crippen LogP contribution in [0.15, 0.2) is 30.3 Å². The van der Waals surface area contributed by atoms with E-state index in [1.807, 2.05) is 12.1 Å². The Morgan fingerprint density at radius 2 is 1.47 bits per heavy atom. The highest BCUT2D eigenvalue weighted by atomic mass is 16.5. The van der Waals surface area contributed by atoms with E-state index in [0.29, 0.717) is 40.9 Å². The van der Waals surface area contributed by atoms with Gasteiger partial charge in [0, 0.05) is 18.6 Å². The SMILES string of the molecule is COCC1C(C(=O)c2ccc(OC)c(OC)c2)COC1c1cc(OC)c(OC)c(OC)c1. The minimum Gasteiger partial charge on any atom is -0.493 e. The van der Waals surface area contributed by atoms with Crippen molar-refractivity contribution in [2.24, 2.45) is 11.8 Å². The lowest BCUT2D eigenvalue weighted by molar-refractivity contribution is 0.0572. The molecule has 32 heavy (non-hydrogen) atoms. The average molecular weight is 446 g/mol. The van der Waals surface area contributed by atoms with Crippen LogP contribution >= 0.6 is 0 Å². The van der Waals surface area contributed by atoms with Crippen LogP contribution in [0.4, 0.5) is 0 Å². The van der Waals surface area contributed by atoms with Crippen molar-refractivity contribution in [3.8, 4) is 28.7 Å². The molecule has 0 N–H and O–H groups in total. The van der Waals surface area contributed by atoms with E-state index >= 15 is 0 Å². The maximum absolute atomic E-state index is 13.4. The standard InChI is InChI=1S/C24H30O8/c1-26-12-17-16(22(25)14-7-8-18(27-2)19(9-14)28-3)13-32-23(17)15-10-20(29-4)24(31-6)21(11-15)30-5/h7-11,16-17,23H,12-13H2,1-6H3. The predicted molar refractivity (Wildman–Crippen MR) is 118 cm³/mol. The molecule has 2 aromatic rings. The average Bonchev–Trinajstić information content (AvgIpc) is 3.25. The Bertz CT molecular complexity index is 917. The van der Waals surface area contributed by atoms with Crippen LogP contribution in [0, 0.1) is 11.8 Å². The van der Waals surface area contributed by atoms with Crippen molar-refractivity contribution in [2.45, 2.75) is 6.10 Å². The summed E-state index contributed by atoms with van der Waals surface area (Å²) in [6.45, 7) is 0.619. The Morgan fingerprint density at radius 1 is 0.844 bits per heavy atom. The van der Waals surface area contributed by atoms with E-state index in [9.17, 15) is 4.79 Å². The summed E-state index contributed by atoms with van der Waals surface area (Å²) in [6, 6.07) is 8.85. The molecule has 0 aromatic heterocycles. The van der Waals surface area contributed by atoms with Crippen molar-refractivity contribution < 1.29 is 38.0 Å². The first-order chi connectivity index (χ1) is 15.5. The number of Topliss-reactive ketones (excluding diaryl/α,β-unsaturated/α-hetero) is 1. The number of carbonyl (C=O) groups is 1. The van der Waals surface area contributed by atoms with Crippen molar-refractivity contribution in [2.75, 3.05) is 55.9 Å². The van der Waals surface area contributed by atoms with Gasteiger partial charge in [-0.1, -0.05) is 0 Å². The Balaban J connectivity index is 1.95. The molecule has 0 aliphatic carbocycles. The highest BCUT2D eigenvalue weighted by Crippen LogP contribution is 2.46. The summed E-state index contributed by atoms with van der Waals surface area (Å²) in [5.74, 6) is 1.98. The van der Waals surface area contributed by atoms with Gasteiger partial charge in [0.25, 0.3) is 0 Å². The van der Waals surface area contributed by atoms with Gasteiger partial charge < -0.3 is 33.2 Å². The number of benzene rings is 2. The third kappa shape index (κ3) is 4.47. The Kier molecular flexibility index (Phi) is 7.82. The first-order valence-corrected chi connectivity index (χ1v) is 10.2. The molecule has 8 nitrogen and oxygen atoms in total. The van der Waals surface area contributed by atoms with Gasteiger partial charge in [-0.2, -0.15) is 0 Å². The largest absolute Gasteiger partial charge is 0.493 e. The molecular weight excluding hydrogens is 416 g/mol. The third-order valence-corrected chi connectivity index (χ3v) is 5.74. The fourth-order valence-electron chi connectivity index (χ4n) is 4.14. The van der Waals surface area contributed by atoms with Gasteiger partial charge in [-0.05, 0) is 35.9 Å². The second-order valence-corrected chi connectivity index (χ2v) is 7.37. The maximum atomic E-state index is 13.4. The van der Waals surface area contributed by atoms with E-state index < -0.39 is 5.92 Å². The van der Waals surface area contributed by atoms with E-state index in [4.69, 9.17) is 33.2 Å². The van der Waals surface area contributed by atoms with Crippen LogP contribution in [-0.2, 0) is 9.47 Å². The van der Waals surface area contributed by atoms with Gasteiger partial charge >= 0.3 is 0 Å². The molecule has 8 heteroatoms. The molecule has 0 amide bonds. The molecule has 1 aliphatic heterocycles. The molecule has 3 unspecified atom stereocenters. The van der Waals surface area contributed by atoms with E-state index in [2.05, 4.69) is 0 Å². The molecule has 1 heterocycles. The van der Waals surface area contributed by atoms with Gasteiger partial charge in [-0.25, -0.2) is 0 Å². The van der Waals surface area contributed by atoms with E-state index in [1.54, 1.807) is 60.9 Å². The van der Waals surface area contributed by atoms with Gasteiger partial charge in [-0.15, -0.1) is 0 Å². The summed E-state index contributed by atoms with van der Waals surface area (Å²) in [5, 5.41) is 0. The lowest BCUT2D eigenvalue weighted by Crippen LogP contribution is -2.27. The zero-order valence-electron chi connectivity index (χ0n) is 19.3. The van der Waals surface area contributed by atoms with E-state index in [-0.39, 0.29) is 24.4 Å². The molecular formula is C24H30O8. The quantitative estimate of drug-likeness (QED) is 0.513. The third-order valence-electron chi connectivity index (χ3n) is 5.74. The molecule has 3 rings (SSSR count). The second-order valence-electron chi connectivity index (χ2n) is 7.37. The predicted octanol–water partition coefficient (Wildman–Crippen LogP) is 3.56. The second kappa shape index (κ2) is 10.6. The van der Waals surface area contributed by atoms with Crippen LogP contribution in [0.2, 0.25) is 0 Å². The first kappa shape index (κ1) is 23.7. The Hall–Kier alpha value is -2.97. The van der Waals surface area contributed by atoms with Crippen molar-refractivity contribution in [1.29, 1.82) is 0 Å². The van der Waals surface area contributed by atoms with Crippen molar-refractivity contribution >= 4 is 5.78 Å². The molecule has 0 spiro atoms. The number of rotatable bonds is 10. The number of carbonyl (C=O) groups excluding carboxylic acids is 1. The summed E-state index contributed by atoms with van der Waals surface area (Å²) >= 11 is 0. The van der Waals surface area contributed by atoms with Gasteiger partial charge in [0.1, 0.15) is 0 Å². The summed E-state index contributed by atoms with van der Waals surface area (Å²) in [7, 11) is 9.39. The summed E-state index contributed by atoms with van der Waals surface area (Å²) in [4.78, 5) is 13.4. The van der Waals surface area contributed by atoms with Crippen LogP contribution in [-0.4, -0.2) is 61.7 Å². The van der Waals surface area contributed by atoms with Crippen LogP contribution in [0.1, 0.15) is 22.0 Å². The first-order valence-electron chi connectivity index (χ1n) is 10.2. The molecule has 0 saturated carbocycles. The topological polar surface area (TPSA) is 81.7 Å². The van der Waals surface area contributed by atoms with Crippen molar-refractivity contribution in [1.82, 2.24) is 0 Å². The lowest BCUT2D eigenvalue weighted by atomic mass is 9.83. The maximum Gasteiger partial charge on any atom is 0.203 e. The zero-order valence-corrected chi connectivity index (χ0v) is 19.3. The smallest absolute Gasteiger partial charge is 0.203 e. The van der Waals surface area contributed by atoms with Crippen LogP contribution < -0.4 is 23.7 Å². The minimum atomic E-state index is -0.392. The number of ether oxygens (including phenoxy) is 7. The summed E-state index contributed by atoms with van der Waals surface area (Å²) < 4.78 is 38.6. The fourth-order valence-corrected chi connectivity index (χ4v) is 4.14. The molecule has 174 valence electrons. The van der Waals surface area contributed by atoms with Crippen molar-refractivity contribution in [3.63, 3.8) is 0 Å². The molecule has 1 fully saturated rings. The Morgan fingerprint density at radius 3 is 2.00 bits per heavy atom. The van der Waals surface area contributed by atoms with Crippen LogP contribution in [0.3, 0.4) is 0 Å². The molecule has 2 aromatic carbocycles. The lowest BCUT2D eigenvalue weighted by Gasteiger charge is -2.23. The number of hydrogen-bond donors (Lipinski definition) is 0. The molecule has 1 aliphatic rings. The summed E-state index contributed by atoms with van der Waals surface area (Å²) in [5.41, 5.74) is 1.35. The van der Waals surface area contributed by atoms with Crippen LogP contribution in [0.25, 0.3) is 0 Å². The fraction of sp³-hybridized carbons (Fsp3) is 0.458. The normalized spacial score (nSPS) is 20.0. The highest BCUT2D eigenvalue weighted by Gasteiger charge is 2.43. The molecule has 1 saturated heterocycles. The molecule has 3 atom stereocenters. The monoisotopic (exact) mass is 446 g/mol. The van der Waals surface area contributed by atoms with E-state index in [1.165, 1.54) is 0 Å². The van der Waals surface area contributed by atoms with Gasteiger partial charge in [0.15, 0.2) is 28.8 Å². The van der Waals surface area contributed by atoms with Gasteiger partial charge in [0.2, 0.25) is 5.75 Å². The van der Waals surface area contributed by atoms with E-state index in [0.717, 1.165) is 5.56 Å². The number of ketones is 1. The summed E-state index contributed by atoms with van der Waals surface area (Å²) in [6.07, 6.45) is -0.377. The highest BCUT2D eigenvalue weighted by molar-refractivity contribution is 5.99. The van der Waals surface area contributed by atoms with Crippen LogP contribution in [0.5, 0.6) is 28.7 Å². The number of methoxy groups -OCH3 is 6.